The molecule has 2 aromatic rings. The lowest BCUT2D eigenvalue weighted by Gasteiger charge is -2.35. The molecule has 0 N–H and O–H groups in total. The molecule has 0 saturated heterocycles. The van der Waals surface area contributed by atoms with E-state index < -0.39 is 0 Å². The third-order valence-electron chi connectivity index (χ3n) is 4.04. The molecule has 0 unspecified atom stereocenters. The molecule has 1 aliphatic rings. The molecule has 1 aliphatic carbocycles. The summed E-state index contributed by atoms with van der Waals surface area (Å²) in [6.07, 6.45) is 0.812. The normalized spacial score (nSPS) is 16.9. The zero-order valence-corrected chi connectivity index (χ0v) is 12.9. The van der Waals surface area contributed by atoms with Crippen LogP contribution < -0.4 is 0 Å². The van der Waals surface area contributed by atoms with Gasteiger partial charge in [-0.15, -0.1) is 11.3 Å². The molecule has 0 bridgehead atoms. The predicted molar refractivity (Wildman–Crippen MR) is 85.1 cm³/mol. The molecule has 0 aliphatic heterocycles. The Morgan fingerprint density at radius 1 is 1.15 bits per heavy atom. The fraction of sp³-hybridized carbons (Fsp3) is 0.278. The number of ketones is 1. The zero-order valence-electron chi connectivity index (χ0n) is 12.1. The summed E-state index contributed by atoms with van der Waals surface area (Å²) in [5.41, 5.74) is 4.68. The highest BCUT2D eigenvalue weighted by Gasteiger charge is 2.34. The Hall–Kier alpha value is -1.67. The molecule has 102 valence electrons. The van der Waals surface area contributed by atoms with Gasteiger partial charge >= 0.3 is 0 Å². The van der Waals surface area contributed by atoms with Crippen LogP contribution in [0.3, 0.4) is 0 Å². The molecule has 3 rings (SSSR count). The Kier molecular flexibility index (Phi) is 3.14. The third kappa shape index (κ3) is 2.04. The average Bonchev–Trinajstić information content (AvgIpc) is 2.91. The van der Waals surface area contributed by atoms with Gasteiger partial charge in [-0.2, -0.15) is 0 Å². The first-order valence-electron chi connectivity index (χ1n) is 6.88. The van der Waals surface area contributed by atoms with E-state index in [-0.39, 0.29) is 11.2 Å². The van der Waals surface area contributed by atoms with Gasteiger partial charge in [0.05, 0.1) is 0 Å². The maximum atomic E-state index is 12.1. The van der Waals surface area contributed by atoms with Crippen molar-refractivity contribution in [3.8, 4) is 0 Å². The molecular weight excluding hydrogens is 264 g/mol. The molecule has 0 amide bonds. The third-order valence-corrected chi connectivity index (χ3v) is 4.93. The Bertz CT molecular complexity index is 690. The van der Waals surface area contributed by atoms with Gasteiger partial charge in [0.2, 0.25) is 0 Å². The number of Topliss-reactive ketones (excluding diaryl/α,β-unsaturated/α-hetero) is 1. The number of carbonyl (C=O) groups is 1. The SMILES string of the molecule is CC(=O)C1=C(c2cccs2)c2ccccc2C(C)(C)C1. The standard InChI is InChI=1S/C18H18OS/c1-12(19)14-11-18(2,3)15-8-5-4-7-13(15)17(14)16-9-6-10-20-16/h4-10H,11H2,1-3H3. The van der Waals surface area contributed by atoms with Gasteiger partial charge in [0.15, 0.2) is 5.78 Å². The van der Waals surface area contributed by atoms with Gasteiger partial charge in [0, 0.05) is 16.0 Å². The summed E-state index contributed by atoms with van der Waals surface area (Å²) in [6.45, 7) is 6.13. The molecular formula is C18H18OS. The fourth-order valence-electron chi connectivity index (χ4n) is 3.08. The van der Waals surface area contributed by atoms with Crippen molar-refractivity contribution in [1.29, 1.82) is 0 Å². The van der Waals surface area contributed by atoms with Crippen molar-refractivity contribution >= 4 is 22.7 Å². The van der Waals surface area contributed by atoms with Crippen LogP contribution in [0.25, 0.3) is 5.57 Å². The maximum Gasteiger partial charge on any atom is 0.156 e. The van der Waals surface area contributed by atoms with Crippen molar-refractivity contribution in [2.24, 2.45) is 0 Å². The van der Waals surface area contributed by atoms with E-state index in [0.29, 0.717) is 0 Å². The Balaban J connectivity index is 2.34. The lowest BCUT2D eigenvalue weighted by atomic mass is 9.69. The van der Waals surface area contributed by atoms with E-state index in [2.05, 4.69) is 49.6 Å². The van der Waals surface area contributed by atoms with Gasteiger partial charge in [-0.1, -0.05) is 44.2 Å². The first-order chi connectivity index (χ1) is 9.50. The summed E-state index contributed by atoms with van der Waals surface area (Å²) in [4.78, 5) is 13.3. The number of benzene rings is 1. The predicted octanol–water partition coefficient (Wildman–Crippen LogP) is 4.82. The van der Waals surface area contributed by atoms with Crippen molar-refractivity contribution in [3.63, 3.8) is 0 Å². The highest BCUT2D eigenvalue weighted by atomic mass is 32.1. The first kappa shape index (κ1) is 13.3. The van der Waals surface area contributed by atoms with Crippen molar-refractivity contribution in [2.45, 2.75) is 32.6 Å². The Labute approximate surface area is 124 Å². The Morgan fingerprint density at radius 2 is 1.90 bits per heavy atom. The van der Waals surface area contributed by atoms with Crippen LogP contribution >= 0.6 is 11.3 Å². The zero-order chi connectivity index (χ0) is 14.3. The van der Waals surface area contributed by atoms with E-state index in [1.165, 1.54) is 16.0 Å². The van der Waals surface area contributed by atoms with Crippen LogP contribution in [0.15, 0.2) is 47.4 Å². The van der Waals surface area contributed by atoms with Gasteiger partial charge in [-0.05, 0) is 41.3 Å². The monoisotopic (exact) mass is 282 g/mol. The summed E-state index contributed by atoms with van der Waals surface area (Å²) < 4.78 is 0. The van der Waals surface area contributed by atoms with E-state index in [9.17, 15) is 4.79 Å². The molecule has 20 heavy (non-hydrogen) atoms. The highest BCUT2D eigenvalue weighted by molar-refractivity contribution is 7.11. The Morgan fingerprint density at radius 3 is 2.55 bits per heavy atom. The number of hydrogen-bond donors (Lipinski definition) is 0. The molecule has 0 saturated carbocycles. The van der Waals surface area contributed by atoms with E-state index in [1.807, 2.05) is 6.07 Å². The number of allylic oxidation sites excluding steroid dienone is 1. The maximum absolute atomic E-state index is 12.1. The van der Waals surface area contributed by atoms with Gasteiger partial charge < -0.3 is 0 Å². The molecule has 0 radical (unpaired) electrons. The second-order valence-corrected chi connectivity index (χ2v) is 6.94. The number of thiophene rings is 1. The smallest absolute Gasteiger partial charge is 0.156 e. The lowest BCUT2D eigenvalue weighted by molar-refractivity contribution is -0.113. The van der Waals surface area contributed by atoms with Crippen molar-refractivity contribution < 1.29 is 4.79 Å². The van der Waals surface area contributed by atoms with Crippen molar-refractivity contribution in [3.05, 3.63) is 63.4 Å². The molecule has 1 aromatic carbocycles. The van der Waals surface area contributed by atoms with Crippen LogP contribution in [0.2, 0.25) is 0 Å². The summed E-state index contributed by atoms with van der Waals surface area (Å²) in [5.74, 6) is 0.191. The number of fused-ring (bicyclic) bond motifs is 1. The van der Waals surface area contributed by atoms with Crippen LogP contribution in [0.1, 0.15) is 43.2 Å². The summed E-state index contributed by atoms with van der Waals surface area (Å²) in [6, 6.07) is 12.6. The quantitative estimate of drug-likeness (QED) is 0.771. The molecule has 1 aromatic heterocycles. The van der Waals surface area contributed by atoms with E-state index in [1.54, 1.807) is 18.3 Å². The summed E-state index contributed by atoms with van der Waals surface area (Å²) >= 11 is 1.70. The van der Waals surface area contributed by atoms with Crippen molar-refractivity contribution in [1.82, 2.24) is 0 Å². The van der Waals surface area contributed by atoms with Gasteiger partial charge in [0.1, 0.15) is 0 Å². The van der Waals surface area contributed by atoms with Gasteiger partial charge in [-0.25, -0.2) is 0 Å². The molecule has 0 atom stereocenters. The minimum Gasteiger partial charge on any atom is -0.295 e. The first-order valence-corrected chi connectivity index (χ1v) is 7.76. The second kappa shape index (κ2) is 4.71. The fourth-order valence-corrected chi connectivity index (χ4v) is 3.89. The van der Waals surface area contributed by atoms with Gasteiger partial charge in [-0.3, -0.25) is 4.79 Å². The van der Waals surface area contributed by atoms with Crippen molar-refractivity contribution in [2.75, 3.05) is 0 Å². The van der Waals surface area contributed by atoms with Crippen LogP contribution in [0, 0.1) is 0 Å². The van der Waals surface area contributed by atoms with E-state index >= 15 is 0 Å². The van der Waals surface area contributed by atoms with E-state index in [0.717, 1.165) is 17.6 Å². The van der Waals surface area contributed by atoms with Crippen LogP contribution in [-0.4, -0.2) is 5.78 Å². The molecule has 1 heterocycles. The van der Waals surface area contributed by atoms with Crippen LogP contribution in [0.4, 0.5) is 0 Å². The summed E-state index contributed by atoms with van der Waals surface area (Å²) in [7, 11) is 0. The van der Waals surface area contributed by atoms with Crippen LogP contribution in [0.5, 0.6) is 0 Å². The summed E-state index contributed by atoms with van der Waals surface area (Å²) in [5, 5.41) is 2.07. The second-order valence-electron chi connectivity index (χ2n) is 5.99. The largest absolute Gasteiger partial charge is 0.295 e. The molecule has 0 spiro atoms. The number of carbonyl (C=O) groups excluding carboxylic acids is 1. The molecule has 1 nitrogen and oxygen atoms in total. The number of rotatable bonds is 2. The average molecular weight is 282 g/mol. The lowest BCUT2D eigenvalue weighted by Crippen LogP contribution is -2.26. The van der Waals surface area contributed by atoms with Gasteiger partial charge in [0.25, 0.3) is 0 Å². The minimum absolute atomic E-state index is 0.0123. The minimum atomic E-state index is 0.0123. The van der Waals surface area contributed by atoms with Crippen LogP contribution in [-0.2, 0) is 10.2 Å². The molecule has 0 fully saturated rings. The number of hydrogen-bond acceptors (Lipinski definition) is 2. The molecule has 2 heteroatoms. The van der Waals surface area contributed by atoms with E-state index in [4.69, 9.17) is 0 Å². The highest BCUT2D eigenvalue weighted by Crippen LogP contribution is 2.45. The topological polar surface area (TPSA) is 17.1 Å².